The van der Waals surface area contributed by atoms with Crippen molar-refractivity contribution < 1.29 is 19.0 Å². The standard InChI is InChI=1S/C19H21FN2O3/c1-11(19(23)24)25-15-9-13-3-4-14(10-15)22(13)18-6-7-21-17-5-2-12(20)8-16(17)18/h2,5-8,11,13-15H,3-4,9-10H2,1H3,(H,23,24). The number of carboxylic acids is 1. The third-order valence-corrected chi connectivity index (χ3v) is 5.39. The molecule has 25 heavy (non-hydrogen) atoms. The van der Waals surface area contributed by atoms with E-state index in [0.29, 0.717) is 12.1 Å². The molecule has 2 bridgehead atoms. The Labute approximate surface area is 145 Å². The number of carboxylic acid groups (broad SMARTS) is 1. The Hall–Kier alpha value is -2.21. The van der Waals surface area contributed by atoms with E-state index in [9.17, 15) is 9.18 Å². The molecule has 1 aromatic heterocycles. The van der Waals surface area contributed by atoms with Crippen LogP contribution in [0.25, 0.3) is 10.9 Å². The third-order valence-electron chi connectivity index (χ3n) is 5.39. The lowest BCUT2D eigenvalue weighted by Crippen LogP contribution is -2.46. The average molecular weight is 344 g/mol. The van der Waals surface area contributed by atoms with E-state index in [0.717, 1.165) is 42.3 Å². The molecule has 2 fully saturated rings. The maximum Gasteiger partial charge on any atom is 0.332 e. The van der Waals surface area contributed by atoms with E-state index in [1.807, 2.05) is 6.07 Å². The van der Waals surface area contributed by atoms with Gasteiger partial charge in [-0.15, -0.1) is 0 Å². The van der Waals surface area contributed by atoms with Crippen molar-refractivity contribution in [1.29, 1.82) is 0 Å². The molecule has 0 radical (unpaired) electrons. The van der Waals surface area contributed by atoms with Crippen molar-refractivity contribution in [2.75, 3.05) is 4.90 Å². The first kappa shape index (κ1) is 16.3. The lowest BCUT2D eigenvalue weighted by Gasteiger charge is -2.41. The number of benzene rings is 1. The number of rotatable bonds is 4. The molecule has 5 nitrogen and oxygen atoms in total. The van der Waals surface area contributed by atoms with Crippen LogP contribution in [-0.2, 0) is 9.53 Å². The molecule has 0 amide bonds. The van der Waals surface area contributed by atoms with Crippen LogP contribution in [0.1, 0.15) is 32.6 Å². The van der Waals surface area contributed by atoms with Crippen molar-refractivity contribution >= 4 is 22.6 Å². The first-order chi connectivity index (χ1) is 12.0. The van der Waals surface area contributed by atoms with Crippen molar-refractivity contribution in [1.82, 2.24) is 4.98 Å². The molecule has 132 valence electrons. The molecule has 1 aromatic carbocycles. The van der Waals surface area contributed by atoms with Crippen LogP contribution in [0.15, 0.2) is 30.5 Å². The monoisotopic (exact) mass is 344 g/mol. The zero-order valence-corrected chi connectivity index (χ0v) is 14.1. The van der Waals surface area contributed by atoms with Crippen LogP contribution < -0.4 is 4.90 Å². The van der Waals surface area contributed by atoms with E-state index in [1.165, 1.54) is 6.07 Å². The number of piperidine rings is 1. The normalized spacial score (nSPS) is 26.8. The minimum Gasteiger partial charge on any atom is -0.479 e. The Morgan fingerprint density at radius 3 is 2.72 bits per heavy atom. The van der Waals surface area contributed by atoms with Gasteiger partial charge in [0, 0.05) is 29.4 Å². The Morgan fingerprint density at radius 2 is 2.04 bits per heavy atom. The molecule has 2 aliphatic heterocycles. The van der Waals surface area contributed by atoms with Crippen molar-refractivity contribution in [3.05, 3.63) is 36.3 Å². The fraction of sp³-hybridized carbons (Fsp3) is 0.474. The van der Waals surface area contributed by atoms with Gasteiger partial charge in [0.2, 0.25) is 0 Å². The van der Waals surface area contributed by atoms with Crippen molar-refractivity contribution in [3.63, 3.8) is 0 Å². The molecule has 2 saturated heterocycles. The second-order valence-electron chi connectivity index (χ2n) is 6.99. The average Bonchev–Trinajstić information content (AvgIpc) is 2.84. The Morgan fingerprint density at radius 1 is 1.32 bits per heavy atom. The number of anilines is 1. The summed E-state index contributed by atoms with van der Waals surface area (Å²) in [4.78, 5) is 17.7. The zero-order valence-electron chi connectivity index (χ0n) is 14.1. The van der Waals surface area contributed by atoms with Crippen LogP contribution in [0, 0.1) is 5.82 Å². The summed E-state index contributed by atoms with van der Waals surface area (Å²) in [5, 5.41) is 9.89. The lowest BCUT2D eigenvalue weighted by atomic mass is 9.97. The smallest absolute Gasteiger partial charge is 0.332 e. The molecule has 4 rings (SSSR count). The van der Waals surface area contributed by atoms with E-state index in [2.05, 4.69) is 9.88 Å². The fourth-order valence-electron chi connectivity index (χ4n) is 4.31. The molecule has 1 N–H and O–H groups in total. The Bertz CT molecular complexity index is 798. The number of fused-ring (bicyclic) bond motifs is 3. The summed E-state index contributed by atoms with van der Waals surface area (Å²) in [5.74, 6) is -1.19. The molecule has 3 heterocycles. The predicted octanol–water partition coefficient (Wildman–Crippen LogP) is 3.36. The molecule has 0 aliphatic carbocycles. The van der Waals surface area contributed by atoms with E-state index in [-0.39, 0.29) is 11.9 Å². The number of hydrogen-bond acceptors (Lipinski definition) is 4. The summed E-state index contributed by atoms with van der Waals surface area (Å²) in [5.41, 5.74) is 1.80. The molecule has 3 unspecified atom stereocenters. The number of hydrogen-bond donors (Lipinski definition) is 1. The number of halogens is 1. The highest BCUT2D eigenvalue weighted by Gasteiger charge is 2.42. The Balaban J connectivity index is 1.62. The van der Waals surface area contributed by atoms with Crippen molar-refractivity contribution in [3.8, 4) is 0 Å². The maximum absolute atomic E-state index is 13.8. The molecule has 0 spiro atoms. The first-order valence-corrected chi connectivity index (χ1v) is 8.74. The number of aliphatic carboxylic acids is 1. The topological polar surface area (TPSA) is 62.7 Å². The molecular weight excluding hydrogens is 323 g/mol. The van der Waals surface area contributed by atoms with E-state index in [4.69, 9.17) is 9.84 Å². The molecular formula is C19H21FN2O3. The van der Waals surface area contributed by atoms with Crippen LogP contribution in [0.3, 0.4) is 0 Å². The SMILES string of the molecule is CC(OC1CC2CCC(C1)N2c1ccnc2ccc(F)cc12)C(=O)O. The molecule has 0 saturated carbocycles. The minimum absolute atomic E-state index is 0.0373. The van der Waals surface area contributed by atoms with Gasteiger partial charge in [0.05, 0.1) is 11.6 Å². The van der Waals surface area contributed by atoms with Gasteiger partial charge < -0.3 is 14.7 Å². The van der Waals surface area contributed by atoms with E-state index < -0.39 is 12.1 Å². The third kappa shape index (κ3) is 2.95. The molecule has 2 aliphatic rings. The summed E-state index contributed by atoms with van der Waals surface area (Å²) in [6.07, 6.45) is 4.64. The van der Waals surface area contributed by atoms with Gasteiger partial charge in [0.15, 0.2) is 6.10 Å². The summed E-state index contributed by atoms with van der Waals surface area (Å²) in [7, 11) is 0. The number of aromatic nitrogens is 1. The second-order valence-corrected chi connectivity index (χ2v) is 6.99. The van der Waals surface area contributed by atoms with Gasteiger partial charge in [-0.2, -0.15) is 0 Å². The van der Waals surface area contributed by atoms with Gasteiger partial charge in [-0.1, -0.05) is 0 Å². The highest BCUT2D eigenvalue weighted by molar-refractivity contribution is 5.92. The van der Waals surface area contributed by atoms with Gasteiger partial charge >= 0.3 is 5.97 Å². The molecule has 3 atom stereocenters. The minimum atomic E-state index is -0.926. The summed E-state index contributed by atoms with van der Waals surface area (Å²) >= 11 is 0. The maximum atomic E-state index is 13.8. The summed E-state index contributed by atoms with van der Waals surface area (Å²) < 4.78 is 19.5. The van der Waals surface area contributed by atoms with Crippen LogP contribution in [0.4, 0.5) is 10.1 Å². The molecule has 6 heteroatoms. The second kappa shape index (κ2) is 6.26. The quantitative estimate of drug-likeness (QED) is 0.921. The van der Waals surface area contributed by atoms with E-state index in [1.54, 1.807) is 25.3 Å². The summed E-state index contributed by atoms with van der Waals surface area (Å²) in [6.45, 7) is 1.58. The van der Waals surface area contributed by atoms with E-state index >= 15 is 0 Å². The Kier molecular flexibility index (Phi) is 4.07. The zero-order chi connectivity index (χ0) is 17.6. The van der Waals surface area contributed by atoms with Crippen molar-refractivity contribution in [2.45, 2.75) is 56.9 Å². The van der Waals surface area contributed by atoms with Gasteiger partial charge in [-0.05, 0) is 56.9 Å². The number of carbonyl (C=O) groups is 1. The lowest BCUT2D eigenvalue weighted by molar-refractivity contribution is -0.153. The first-order valence-electron chi connectivity index (χ1n) is 8.74. The number of ether oxygens (including phenoxy) is 1. The van der Waals surface area contributed by atoms with Gasteiger partial charge in [-0.3, -0.25) is 4.98 Å². The van der Waals surface area contributed by atoms with Gasteiger partial charge in [0.25, 0.3) is 0 Å². The highest BCUT2D eigenvalue weighted by Crippen LogP contribution is 2.42. The van der Waals surface area contributed by atoms with Gasteiger partial charge in [0.1, 0.15) is 5.82 Å². The van der Waals surface area contributed by atoms with Gasteiger partial charge in [-0.25, -0.2) is 9.18 Å². The van der Waals surface area contributed by atoms with Crippen LogP contribution in [0.5, 0.6) is 0 Å². The highest BCUT2D eigenvalue weighted by atomic mass is 19.1. The van der Waals surface area contributed by atoms with Crippen LogP contribution in [0.2, 0.25) is 0 Å². The van der Waals surface area contributed by atoms with Crippen molar-refractivity contribution in [2.24, 2.45) is 0 Å². The number of nitrogens with zero attached hydrogens (tertiary/aromatic N) is 2. The summed E-state index contributed by atoms with van der Waals surface area (Å²) in [6, 6.07) is 7.22. The van der Waals surface area contributed by atoms with Crippen LogP contribution >= 0.6 is 0 Å². The molecule has 2 aromatic rings. The van der Waals surface area contributed by atoms with Crippen LogP contribution in [-0.4, -0.2) is 40.4 Å². The largest absolute Gasteiger partial charge is 0.479 e. The number of pyridine rings is 1. The predicted molar refractivity (Wildman–Crippen MR) is 92.2 cm³/mol. The fourth-order valence-corrected chi connectivity index (χ4v) is 4.31.